The first-order chi connectivity index (χ1) is 12.6. The quantitative estimate of drug-likeness (QED) is 0.475. The number of aryl methyl sites for hydroxylation is 2. The fourth-order valence-corrected chi connectivity index (χ4v) is 6.26. The van der Waals surface area contributed by atoms with Gasteiger partial charge in [-0.15, -0.1) is 0 Å². The standard InChI is InChI=1S/C24H30N2O/c1-14-10-9-11-17-19(14)26-15(2)20-18(16-12-13-27-21(16)25(20)8)24(26,7)23(5,6)22(17,3)4/h9-13,15H,1-8H3. The first-order valence-electron chi connectivity index (χ1n) is 10.0. The summed E-state index contributed by atoms with van der Waals surface area (Å²) in [6, 6.07) is 9.28. The molecule has 2 aromatic heterocycles. The molecule has 3 aromatic rings. The Morgan fingerprint density at radius 3 is 2.44 bits per heavy atom. The van der Waals surface area contributed by atoms with Crippen LogP contribution >= 0.6 is 0 Å². The van der Waals surface area contributed by atoms with E-state index in [0.717, 1.165) is 5.71 Å². The fraction of sp³-hybridized carbons (Fsp3) is 0.500. The lowest BCUT2D eigenvalue weighted by Crippen LogP contribution is -2.62. The van der Waals surface area contributed by atoms with Crippen LogP contribution in [0.4, 0.5) is 5.69 Å². The second-order valence-electron chi connectivity index (χ2n) is 9.80. The van der Waals surface area contributed by atoms with Gasteiger partial charge in [-0.1, -0.05) is 45.9 Å². The Morgan fingerprint density at radius 2 is 1.74 bits per heavy atom. The minimum Gasteiger partial charge on any atom is -0.448 e. The van der Waals surface area contributed by atoms with Crippen LogP contribution in [0.3, 0.4) is 0 Å². The second-order valence-corrected chi connectivity index (χ2v) is 9.80. The van der Waals surface area contributed by atoms with Crippen LogP contribution in [0, 0.1) is 12.3 Å². The molecule has 2 aliphatic rings. The summed E-state index contributed by atoms with van der Waals surface area (Å²) in [5, 5.41) is 1.27. The molecule has 2 unspecified atom stereocenters. The number of benzene rings is 1. The van der Waals surface area contributed by atoms with Crippen molar-refractivity contribution in [2.45, 2.75) is 65.5 Å². The van der Waals surface area contributed by atoms with Crippen molar-refractivity contribution in [2.75, 3.05) is 4.90 Å². The predicted molar refractivity (Wildman–Crippen MR) is 111 cm³/mol. The smallest absolute Gasteiger partial charge is 0.206 e. The van der Waals surface area contributed by atoms with Gasteiger partial charge in [-0.3, -0.25) is 0 Å². The fourth-order valence-electron chi connectivity index (χ4n) is 6.26. The van der Waals surface area contributed by atoms with Gasteiger partial charge in [-0.05, 0) is 43.4 Å². The second kappa shape index (κ2) is 4.63. The van der Waals surface area contributed by atoms with Gasteiger partial charge in [-0.25, -0.2) is 0 Å². The Labute approximate surface area is 162 Å². The Balaban J connectivity index is 1.97. The molecule has 0 fully saturated rings. The average molecular weight is 363 g/mol. The number of rotatable bonds is 0. The summed E-state index contributed by atoms with van der Waals surface area (Å²) in [6.45, 7) is 16.8. The van der Waals surface area contributed by atoms with E-state index in [-0.39, 0.29) is 16.4 Å². The van der Waals surface area contributed by atoms with Crippen LogP contribution in [0.2, 0.25) is 0 Å². The summed E-state index contributed by atoms with van der Waals surface area (Å²) in [7, 11) is 2.15. The van der Waals surface area contributed by atoms with Gasteiger partial charge in [0.2, 0.25) is 5.71 Å². The number of hydrogen-bond donors (Lipinski definition) is 0. The van der Waals surface area contributed by atoms with Crippen molar-refractivity contribution >= 4 is 16.8 Å². The molecule has 27 heavy (non-hydrogen) atoms. The van der Waals surface area contributed by atoms with Gasteiger partial charge in [-0.2, -0.15) is 0 Å². The highest BCUT2D eigenvalue weighted by molar-refractivity contribution is 5.87. The van der Waals surface area contributed by atoms with Gasteiger partial charge < -0.3 is 13.9 Å². The molecule has 0 saturated carbocycles. The molecule has 1 aromatic carbocycles. The third-order valence-corrected chi connectivity index (χ3v) is 8.52. The Morgan fingerprint density at radius 1 is 1.04 bits per heavy atom. The van der Waals surface area contributed by atoms with Crippen LogP contribution in [-0.2, 0) is 18.0 Å². The maximum atomic E-state index is 5.88. The lowest BCUT2D eigenvalue weighted by atomic mass is 9.51. The summed E-state index contributed by atoms with van der Waals surface area (Å²) in [4.78, 5) is 2.71. The average Bonchev–Trinajstić information content (AvgIpc) is 3.22. The summed E-state index contributed by atoms with van der Waals surface area (Å²) >= 11 is 0. The molecule has 0 N–H and O–H groups in total. The van der Waals surface area contributed by atoms with E-state index in [4.69, 9.17) is 4.42 Å². The maximum Gasteiger partial charge on any atom is 0.206 e. The molecular weight excluding hydrogens is 332 g/mol. The highest BCUT2D eigenvalue weighted by Crippen LogP contribution is 2.68. The van der Waals surface area contributed by atoms with Crippen molar-refractivity contribution in [2.24, 2.45) is 12.5 Å². The minimum absolute atomic E-state index is 0.0197. The molecule has 142 valence electrons. The van der Waals surface area contributed by atoms with E-state index in [1.165, 1.54) is 33.5 Å². The summed E-state index contributed by atoms with van der Waals surface area (Å²) in [5.41, 5.74) is 8.03. The molecule has 0 radical (unpaired) electrons. The monoisotopic (exact) mass is 362 g/mol. The molecule has 0 bridgehead atoms. The molecule has 5 rings (SSSR count). The maximum absolute atomic E-state index is 5.88. The predicted octanol–water partition coefficient (Wildman–Crippen LogP) is 6.19. The molecule has 0 aliphatic carbocycles. The van der Waals surface area contributed by atoms with Gasteiger partial charge in [0, 0.05) is 34.8 Å². The van der Waals surface area contributed by atoms with E-state index < -0.39 is 0 Å². The van der Waals surface area contributed by atoms with E-state index in [0.29, 0.717) is 6.04 Å². The van der Waals surface area contributed by atoms with Crippen molar-refractivity contribution < 1.29 is 4.42 Å². The van der Waals surface area contributed by atoms with Gasteiger partial charge in [0.1, 0.15) is 0 Å². The topological polar surface area (TPSA) is 21.3 Å². The Bertz CT molecular complexity index is 1100. The van der Waals surface area contributed by atoms with Gasteiger partial charge >= 0.3 is 0 Å². The molecule has 2 atom stereocenters. The molecule has 0 amide bonds. The molecule has 2 aliphatic heterocycles. The third-order valence-electron chi connectivity index (χ3n) is 8.52. The zero-order valence-corrected chi connectivity index (χ0v) is 17.8. The van der Waals surface area contributed by atoms with Crippen LogP contribution in [0.1, 0.15) is 70.0 Å². The van der Waals surface area contributed by atoms with E-state index in [2.05, 4.69) is 89.2 Å². The number of nitrogens with zero attached hydrogens (tertiary/aromatic N) is 2. The first-order valence-corrected chi connectivity index (χ1v) is 10.0. The number of furan rings is 1. The van der Waals surface area contributed by atoms with Crippen LogP contribution < -0.4 is 4.90 Å². The molecule has 3 nitrogen and oxygen atoms in total. The first kappa shape index (κ1) is 17.0. The normalized spacial score (nSPS) is 27.6. The van der Waals surface area contributed by atoms with Crippen molar-refractivity contribution in [3.63, 3.8) is 0 Å². The largest absolute Gasteiger partial charge is 0.448 e. The van der Waals surface area contributed by atoms with Gasteiger partial charge in [0.15, 0.2) is 0 Å². The van der Waals surface area contributed by atoms with Crippen LogP contribution in [0.5, 0.6) is 0 Å². The van der Waals surface area contributed by atoms with Crippen LogP contribution in [0.25, 0.3) is 11.1 Å². The number of anilines is 1. The number of aromatic nitrogens is 1. The SMILES string of the molecule is Cc1cccc2c1N1C(C)c3c(c4ccoc4n3C)C1(C)C(C)(C)C2(C)C. The highest BCUT2D eigenvalue weighted by atomic mass is 16.3. The van der Waals surface area contributed by atoms with Crippen LogP contribution in [-0.4, -0.2) is 4.57 Å². The molecule has 3 heteroatoms. The Kier molecular flexibility index (Phi) is 2.91. The zero-order chi connectivity index (χ0) is 19.5. The molecular formula is C24H30N2O. The summed E-state index contributed by atoms with van der Waals surface area (Å²) in [6.07, 6.45) is 1.84. The summed E-state index contributed by atoms with van der Waals surface area (Å²) in [5.74, 6) is 0. The molecule has 0 spiro atoms. The Hall–Kier alpha value is -2.16. The van der Waals surface area contributed by atoms with Gasteiger partial charge in [0.05, 0.1) is 17.8 Å². The van der Waals surface area contributed by atoms with E-state index >= 15 is 0 Å². The van der Waals surface area contributed by atoms with Crippen molar-refractivity contribution in [1.29, 1.82) is 0 Å². The van der Waals surface area contributed by atoms with E-state index in [9.17, 15) is 0 Å². The van der Waals surface area contributed by atoms with E-state index in [1.807, 2.05) is 6.26 Å². The third kappa shape index (κ3) is 1.54. The van der Waals surface area contributed by atoms with Crippen molar-refractivity contribution in [1.82, 2.24) is 4.57 Å². The van der Waals surface area contributed by atoms with Crippen molar-refractivity contribution in [3.8, 4) is 0 Å². The van der Waals surface area contributed by atoms with Gasteiger partial charge in [0.25, 0.3) is 0 Å². The number of hydrogen-bond acceptors (Lipinski definition) is 2. The molecule has 0 saturated heterocycles. The number of fused-ring (bicyclic) bond motifs is 7. The molecule has 4 heterocycles. The van der Waals surface area contributed by atoms with Crippen molar-refractivity contribution in [3.05, 3.63) is 52.9 Å². The lowest BCUT2D eigenvalue weighted by molar-refractivity contribution is 0.0660. The van der Waals surface area contributed by atoms with Crippen LogP contribution in [0.15, 0.2) is 34.9 Å². The lowest BCUT2D eigenvalue weighted by Gasteiger charge is -2.62. The summed E-state index contributed by atoms with van der Waals surface area (Å²) < 4.78 is 8.15. The minimum atomic E-state index is -0.117. The number of para-hydroxylation sites is 1. The highest BCUT2D eigenvalue weighted by Gasteiger charge is 2.65. The van der Waals surface area contributed by atoms with E-state index in [1.54, 1.807) is 0 Å². The zero-order valence-electron chi connectivity index (χ0n) is 17.8.